The van der Waals surface area contributed by atoms with Crippen LogP contribution in [0, 0.1) is 5.92 Å². The number of aryl methyl sites for hydroxylation is 1. The van der Waals surface area contributed by atoms with Crippen molar-refractivity contribution in [3.8, 4) is 5.75 Å². The molecule has 0 aromatic heterocycles. The van der Waals surface area contributed by atoms with E-state index < -0.39 is 0 Å². The Morgan fingerprint density at radius 3 is 2.50 bits per heavy atom. The zero-order chi connectivity index (χ0) is 18.4. The molecule has 2 aliphatic rings. The summed E-state index contributed by atoms with van der Waals surface area (Å²) in [5.74, 6) is 1.62. The van der Waals surface area contributed by atoms with E-state index in [1.54, 1.807) is 0 Å². The highest BCUT2D eigenvalue weighted by atomic mass is 16.5. The highest BCUT2D eigenvalue weighted by Crippen LogP contribution is 2.21. The fourth-order valence-electron chi connectivity index (χ4n) is 3.79. The number of likely N-dealkylation sites (tertiary alicyclic amines) is 2. The minimum atomic E-state index is 0.0528. The molecule has 0 unspecified atom stereocenters. The molecule has 0 bridgehead atoms. The van der Waals surface area contributed by atoms with E-state index in [1.807, 2.05) is 34.1 Å². The van der Waals surface area contributed by atoms with Gasteiger partial charge in [0.15, 0.2) is 6.61 Å². The third kappa shape index (κ3) is 4.99. The van der Waals surface area contributed by atoms with Gasteiger partial charge >= 0.3 is 0 Å². The number of benzene rings is 1. The van der Waals surface area contributed by atoms with Crippen LogP contribution >= 0.6 is 0 Å². The smallest absolute Gasteiger partial charge is 0.260 e. The van der Waals surface area contributed by atoms with Crippen molar-refractivity contribution in [2.75, 3.05) is 32.8 Å². The van der Waals surface area contributed by atoms with E-state index >= 15 is 0 Å². The van der Waals surface area contributed by atoms with Crippen LogP contribution in [0.15, 0.2) is 24.3 Å². The van der Waals surface area contributed by atoms with Crippen molar-refractivity contribution in [2.24, 2.45) is 5.92 Å². The van der Waals surface area contributed by atoms with Crippen LogP contribution in [-0.2, 0) is 16.0 Å². The van der Waals surface area contributed by atoms with Crippen molar-refractivity contribution in [3.63, 3.8) is 0 Å². The Kier molecular flexibility index (Phi) is 6.53. The van der Waals surface area contributed by atoms with Crippen molar-refractivity contribution < 1.29 is 14.3 Å². The lowest BCUT2D eigenvalue weighted by Gasteiger charge is -2.36. The maximum absolute atomic E-state index is 12.4. The Labute approximate surface area is 156 Å². The zero-order valence-electron chi connectivity index (χ0n) is 15.8. The molecule has 0 radical (unpaired) electrons. The predicted molar refractivity (Wildman–Crippen MR) is 101 cm³/mol. The zero-order valence-corrected chi connectivity index (χ0v) is 15.8. The number of nitrogens with zero attached hydrogens (tertiary/aromatic N) is 2. The summed E-state index contributed by atoms with van der Waals surface area (Å²) in [4.78, 5) is 28.2. The fraction of sp³-hybridized carbons (Fsp3) is 0.619. The van der Waals surface area contributed by atoms with Crippen LogP contribution in [0.2, 0.25) is 0 Å². The van der Waals surface area contributed by atoms with Gasteiger partial charge in [0.2, 0.25) is 5.91 Å². The van der Waals surface area contributed by atoms with Gasteiger partial charge in [0.25, 0.3) is 5.91 Å². The monoisotopic (exact) mass is 358 g/mol. The highest BCUT2D eigenvalue weighted by Gasteiger charge is 2.27. The number of hydrogen-bond donors (Lipinski definition) is 0. The minimum Gasteiger partial charge on any atom is -0.484 e. The molecule has 0 atom stereocenters. The molecule has 0 spiro atoms. The lowest BCUT2D eigenvalue weighted by molar-refractivity contribution is -0.137. The standard InChI is InChI=1S/C21H30N2O3/c1-2-17-6-8-19(9-7-17)26-16-21(25)22-13-10-18(11-14-22)15-23-12-4-3-5-20(23)24/h6-9,18H,2-5,10-16H2,1H3. The second kappa shape index (κ2) is 9.06. The van der Waals surface area contributed by atoms with Crippen LogP contribution in [0.25, 0.3) is 0 Å². The molecule has 5 heteroatoms. The maximum Gasteiger partial charge on any atom is 0.260 e. The Balaban J connectivity index is 1.39. The second-order valence-electron chi connectivity index (χ2n) is 7.41. The largest absolute Gasteiger partial charge is 0.484 e. The lowest BCUT2D eigenvalue weighted by Crippen LogP contribution is -2.45. The molecule has 0 N–H and O–H groups in total. The molecular weight excluding hydrogens is 328 g/mol. The summed E-state index contributed by atoms with van der Waals surface area (Å²) in [6.45, 7) is 5.52. The van der Waals surface area contributed by atoms with Gasteiger partial charge in [0.1, 0.15) is 5.75 Å². The minimum absolute atomic E-state index is 0.0528. The van der Waals surface area contributed by atoms with Crippen molar-refractivity contribution in [1.29, 1.82) is 0 Å². The number of rotatable bonds is 6. The van der Waals surface area contributed by atoms with Gasteiger partial charge in [0, 0.05) is 32.6 Å². The van der Waals surface area contributed by atoms with Crippen LogP contribution in [0.3, 0.4) is 0 Å². The number of carbonyl (C=O) groups is 2. The number of amides is 2. The summed E-state index contributed by atoms with van der Waals surface area (Å²) >= 11 is 0. The van der Waals surface area contributed by atoms with E-state index in [4.69, 9.17) is 4.74 Å². The molecule has 26 heavy (non-hydrogen) atoms. The van der Waals surface area contributed by atoms with Gasteiger partial charge in [-0.05, 0) is 55.7 Å². The SMILES string of the molecule is CCc1ccc(OCC(=O)N2CCC(CN3CCCCC3=O)CC2)cc1. The fourth-order valence-corrected chi connectivity index (χ4v) is 3.79. The number of hydrogen-bond acceptors (Lipinski definition) is 3. The van der Waals surface area contributed by atoms with Crippen LogP contribution in [-0.4, -0.2) is 54.4 Å². The quantitative estimate of drug-likeness (QED) is 0.786. The molecule has 2 aliphatic heterocycles. The summed E-state index contributed by atoms with van der Waals surface area (Å²) in [7, 11) is 0. The average molecular weight is 358 g/mol. The van der Waals surface area contributed by atoms with Gasteiger partial charge < -0.3 is 14.5 Å². The molecule has 0 aliphatic carbocycles. The Hall–Kier alpha value is -2.04. The number of ether oxygens (including phenoxy) is 1. The molecule has 5 nitrogen and oxygen atoms in total. The molecule has 2 amide bonds. The van der Waals surface area contributed by atoms with E-state index in [2.05, 4.69) is 6.92 Å². The predicted octanol–water partition coefficient (Wildman–Crippen LogP) is 2.88. The number of carbonyl (C=O) groups excluding carboxylic acids is 2. The molecule has 1 aromatic rings. The number of piperidine rings is 2. The van der Waals surface area contributed by atoms with E-state index in [0.717, 1.165) is 64.0 Å². The molecule has 1 aromatic carbocycles. The third-order valence-corrected chi connectivity index (χ3v) is 5.56. The first-order chi connectivity index (χ1) is 12.7. The van der Waals surface area contributed by atoms with Crippen molar-refractivity contribution in [3.05, 3.63) is 29.8 Å². The van der Waals surface area contributed by atoms with Gasteiger partial charge in [-0.2, -0.15) is 0 Å². The van der Waals surface area contributed by atoms with Gasteiger partial charge in [-0.3, -0.25) is 9.59 Å². The van der Waals surface area contributed by atoms with Gasteiger partial charge in [-0.25, -0.2) is 0 Å². The summed E-state index contributed by atoms with van der Waals surface area (Å²) in [6, 6.07) is 7.92. The van der Waals surface area contributed by atoms with Gasteiger partial charge in [0.05, 0.1) is 0 Å². The molecular formula is C21H30N2O3. The maximum atomic E-state index is 12.4. The first kappa shape index (κ1) is 18.7. The van der Waals surface area contributed by atoms with E-state index in [9.17, 15) is 9.59 Å². The van der Waals surface area contributed by atoms with Crippen LogP contribution in [0.4, 0.5) is 0 Å². The molecule has 2 fully saturated rings. The van der Waals surface area contributed by atoms with E-state index in [0.29, 0.717) is 18.2 Å². The van der Waals surface area contributed by atoms with Gasteiger partial charge in [-0.15, -0.1) is 0 Å². The topological polar surface area (TPSA) is 49.9 Å². The van der Waals surface area contributed by atoms with Crippen molar-refractivity contribution in [2.45, 2.75) is 45.4 Å². The first-order valence-electron chi connectivity index (χ1n) is 9.93. The molecule has 142 valence electrons. The third-order valence-electron chi connectivity index (χ3n) is 5.56. The summed E-state index contributed by atoms with van der Waals surface area (Å²) in [5, 5.41) is 0. The summed E-state index contributed by atoms with van der Waals surface area (Å²) in [5.41, 5.74) is 1.26. The first-order valence-corrected chi connectivity index (χ1v) is 9.93. The summed E-state index contributed by atoms with van der Waals surface area (Å²) < 4.78 is 5.64. The molecule has 3 rings (SSSR count). The molecule has 2 saturated heterocycles. The Morgan fingerprint density at radius 1 is 1.12 bits per heavy atom. The normalized spacial score (nSPS) is 18.9. The molecule has 2 heterocycles. The highest BCUT2D eigenvalue weighted by molar-refractivity contribution is 5.78. The van der Waals surface area contributed by atoms with Crippen LogP contribution < -0.4 is 4.74 Å². The average Bonchev–Trinajstić information content (AvgIpc) is 2.69. The second-order valence-corrected chi connectivity index (χ2v) is 7.41. The van der Waals surface area contributed by atoms with E-state index in [1.165, 1.54) is 5.56 Å². The summed E-state index contributed by atoms with van der Waals surface area (Å²) in [6.07, 6.45) is 5.80. The molecule has 0 saturated carbocycles. The van der Waals surface area contributed by atoms with Gasteiger partial charge in [-0.1, -0.05) is 19.1 Å². The lowest BCUT2D eigenvalue weighted by atomic mass is 9.95. The van der Waals surface area contributed by atoms with Crippen LogP contribution in [0.1, 0.15) is 44.6 Å². The van der Waals surface area contributed by atoms with Crippen molar-refractivity contribution in [1.82, 2.24) is 9.80 Å². The Morgan fingerprint density at radius 2 is 1.85 bits per heavy atom. The Bertz CT molecular complexity index is 606. The van der Waals surface area contributed by atoms with E-state index in [-0.39, 0.29) is 12.5 Å². The van der Waals surface area contributed by atoms with Crippen molar-refractivity contribution >= 4 is 11.8 Å². The van der Waals surface area contributed by atoms with Crippen LogP contribution in [0.5, 0.6) is 5.75 Å².